The van der Waals surface area contributed by atoms with Crippen LogP contribution >= 0.6 is 0 Å². The summed E-state index contributed by atoms with van der Waals surface area (Å²) < 4.78 is 16.5. The number of rotatable bonds is 6. The van der Waals surface area contributed by atoms with Crippen molar-refractivity contribution in [2.75, 3.05) is 30.3 Å². The first kappa shape index (κ1) is 23.7. The minimum atomic E-state index is -0.782. The molecule has 2 atom stereocenters. The van der Waals surface area contributed by atoms with Gasteiger partial charge in [0.15, 0.2) is 5.82 Å². The summed E-state index contributed by atoms with van der Waals surface area (Å²) in [6.07, 6.45) is 7.32. The molecule has 13 heteroatoms. The number of benzene rings is 1. The summed E-state index contributed by atoms with van der Waals surface area (Å²) in [5, 5.41) is 33.1. The second-order valence-corrected chi connectivity index (χ2v) is 9.19. The molecule has 0 saturated carbocycles. The number of phenols is 1. The number of fused-ring (bicyclic) bond motifs is 1. The number of piperidine rings is 2. The second-order valence-electron chi connectivity index (χ2n) is 9.19. The summed E-state index contributed by atoms with van der Waals surface area (Å²) >= 11 is 0. The van der Waals surface area contributed by atoms with Gasteiger partial charge >= 0.3 is 5.69 Å². The van der Waals surface area contributed by atoms with Crippen LogP contribution in [0.25, 0.3) is 5.69 Å². The summed E-state index contributed by atoms with van der Waals surface area (Å²) in [6, 6.07) is 4.72. The van der Waals surface area contributed by atoms with Gasteiger partial charge in [-0.25, -0.2) is 14.2 Å². The maximum Gasteiger partial charge on any atom is 0.368 e. The van der Waals surface area contributed by atoms with Crippen LogP contribution in [-0.2, 0) is 7.05 Å². The van der Waals surface area contributed by atoms with E-state index >= 15 is 0 Å². The molecule has 12 nitrogen and oxygen atoms in total. The molecule has 2 aliphatic heterocycles. The highest BCUT2D eigenvalue weighted by atomic mass is 19.1. The van der Waals surface area contributed by atoms with Crippen LogP contribution in [0, 0.1) is 23.1 Å². The van der Waals surface area contributed by atoms with Crippen molar-refractivity contribution in [1.82, 2.24) is 34.7 Å². The number of tetrazole rings is 1. The van der Waals surface area contributed by atoms with Crippen LogP contribution in [0.2, 0.25) is 0 Å². The van der Waals surface area contributed by atoms with Crippen molar-refractivity contribution < 1.29 is 9.50 Å². The second kappa shape index (κ2) is 9.90. The predicted molar refractivity (Wildman–Crippen MR) is 129 cm³/mol. The molecule has 0 aliphatic carbocycles. The zero-order valence-electron chi connectivity index (χ0n) is 19.9. The first-order valence-electron chi connectivity index (χ1n) is 12.0. The van der Waals surface area contributed by atoms with Crippen LogP contribution in [0.4, 0.5) is 21.8 Å². The van der Waals surface area contributed by atoms with Crippen LogP contribution < -0.4 is 16.3 Å². The van der Waals surface area contributed by atoms with Crippen LogP contribution in [0.15, 0.2) is 23.1 Å². The lowest BCUT2D eigenvalue weighted by molar-refractivity contribution is 0.0649. The van der Waals surface area contributed by atoms with E-state index in [2.05, 4.69) is 42.0 Å². The molecular formula is C23H27FN10O2. The molecule has 0 amide bonds. The van der Waals surface area contributed by atoms with E-state index in [1.165, 1.54) is 38.6 Å². The fourth-order valence-corrected chi connectivity index (χ4v) is 5.10. The summed E-state index contributed by atoms with van der Waals surface area (Å²) in [5.74, 6) is -0.378. The molecule has 4 heterocycles. The maximum absolute atomic E-state index is 14.7. The molecule has 3 N–H and O–H groups in total. The Labute approximate surface area is 206 Å². The minimum absolute atomic E-state index is 0.0569. The zero-order chi connectivity index (χ0) is 25.2. The van der Waals surface area contributed by atoms with Gasteiger partial charge in [-0.1, -0.05) is 6.42 Å². The minimum Gasteiger partial charge on any atom is -0.506 e. The fourth-order valence-electron chi connectivity index (χ4n) is 5.10. The summed E-state index contributed by atoms with van der Waals surface area (Å²) in [5.41, 5.74) is -0.461. The Bertz CT molecular complexity index is 1360. The van der Waals surface area contributed by atoms with Crippen LogP contribution in [0.3, 0.4) is 0 Å². The quantitative estimate of drug-likeness (QED) is 0.434. The Morgan fingerprint density at radius 1 is 1.22 bits per heavy atom. The Morgan fingerprint density at radius 2 is 2.06 bits per heavy atom. The van der Waals surface area contributed by atoms with Crippen molar-refractivity contribution in [3.05, 3.63) is 40.2 Å². The van der Waals surface area contributed by atoms with Gasteiger partial charge in [0.25, 0.3) is 0 Å². The molecule has 188 valence electrons. The SMILES string of the molecule is Cn1nnn(-c2cc(Nc3ncc(C#N)c(NC[C@@H]4CCCN5CCCC[C@H]45)n3)c(F)cc2O)c1=O. The van der Waals surface area contributed by atoms with E-state index in [1.807, 2.05) is 0 Å². The van der Waals surface area contributed by atoms with Gasteiger partial charge in [0.2, 0.25) is 5.95 Å². The lowest BCUT2D eigenvalue weighted by Gasteiger charge is -2.44. The Kier molecular flexibility index (Phi) is 6.51. The van der Waals surface area contributed by atoms with Gasteiger partial charge in [-0.2, -0.15) is 19.6 Å². The smallest absolute Gasteiger partial charge is 0.368 e. The average Bonchev–Trinajstić information content (AvgIpc) is 3.22. The third kappa shape index (κ3) is 4.59. The molecule has 2 saturated heterocycles. The number of hydrogen-bond acceptors (Lipinski definition) is 10. The number of nitrogens with one attached hydrogen (secondary N) is 2. The largest absolute Gasteiger partial charge is 0.506 e. The molecule has 3 aromatic rings. The number of aromatic nitrogens is 6. The Hall–Kier alpha value is -4.05. The van der Waals surface area contributed by atoms with E-state index in [0.29, 0.717) is 24.3 Å². The van der Waals surface area contributed by atoms with Crippen molar-refractivity contribution in [3.63, 3.8) is 0 Å². The highest BCUT2D eigenvalue weighted by Crippen LogP contribution is 2.32. The molecule has 0 spiro atoms. The molecular weight excluding hydrogens is 467 g/mol. The maximum atomic E-state index is 14.7. The molecule has 2 fully saturated rings. The number of phenolic OH excluding ortho intramolecular Hbond substituents is 1. The topological polar surface area (TPSA) is 150 Å². The number of nitriles is 1. The van der Waals surface area contributed by atoms with Gasteiger partial charge < -0.3 is 20.6 Å². The zero-order valence-corrected chi connectivity index (χ0v) is 19.9. The molecule has 5 rings (SSSR count). The standard InChI is InChI=1S/C23H27FN10O2/c1-32-23(36)34(31-30-32)19-10-17(16(24)9-20(19)35)28-22-27-13-15(11-25)21(29-22)26-12-14-5-4-8-33-7-3-2-6-18(14)33/h9-10,13-14,18,35H,2-8,12H2,1H3,(H2,26,27,28,29)/t14-,18+/m0/s1. The molecule has 0 unspecified atom stereocenters. The Balaban J connectivity index is 1.37. The van der Waals surface area contributed by atoms with Crippen molar-refractivity contribution in [1.29, 1.82) is 5.26 Å². The van der Waals surface area contributed by atoms with Crippen molar-refractivity contribution in [2.45, 2.75) is 38.1 Å². The predicted octanol–water partition coefficient (Wildman–Crippen LogP) is 1.89. The number of hydrogen-bond donors (Lipinski definition) is 3. The van der Waals surface area contributed by atoms with Crippen molar-refractivity contribution in [2.24, 2.45) is 13.0 Å². The van der Waals surface area contributed by atoms with Crippen molar-refractivity contribution in [3.8, 4) is 17.5 Å². The van der Waals surface area contributed by atoms with Gasteiger partial charge in [0.05, 0.1) is 11.9 Å². The van der Waals surface area contributed by atoms with Gasteiger partial charge in [-0.3, -0.25) is 0 Å². The van der Waals surface area contributed by atoms with Gasteiger partial charge in [0.1, 0.15) is 28.9 Å². The normalized spacial score (nSPS) is 19.9. The number of anilines is 3. The Morgan fingerprint density at radius 3 is 2.83 bits per heavy atom. The lowest BCUT2D eigenvalue weighted by atomic mass is 9.83. The van der Waals surface area contributed by atoms with E-state index in [0.717, 1.165) is 41.4 Å². The van der Waals surface area contributed by atoms with Gasteiger partial charge in [-0.15, -0.1) is 0 Å². The van der Waals surface area contributed by atoms with E-state index in [-0.39, 0.29) is 22.9 Å². The third-order valence-corrected chi connectivity index (χ3v) is 6.93. The number of halogens is 1. The first-order chi connectivity index (χ1) is 17.4. The van der Waals surface area contributed by atoms with E-state index in [4.69, 9.17) is 0 Å². The molecule has 2 aromatic heterocycles. The number of aryl methyl sites for hydroxylation is 1. The van der Waals surface area contributed by atoms with Crippen molar-refractivity contribution >= 4 is 17.5 Å². The van der Waals surface area contributed by atoms with E-state index in [9.17, 15) is 19.6 Å². The summed E-state index contributed by atoms with van der Waals surface area (Å²) in [4.78, 5) is 23.3. The molecule has 0 radical (unpaired) electrons. The number of aromatic hydroxyl groups is 1. The van der Waals surface area contributed by atoms with E-state index < -0.39 is 17.3 Å². The number of nitrogens with zero attached hydrogens (tertiary/aromatic N) is 8. The third-order valence-electron chi connectivity index (χ3n) is 6.93. The first-order valence-corrected chi connectivity index (χ1v) is 12.0. The molecule has 0 bridgehead atoms. The molecule has 36 heavy (non-hydrogen) atoms. The van der Waals surface area contributed by atoms with Gasteiger partial charge in [-0.05, 0) is 61.2 Å². The monoisotopic (exact) mass is 494 g/mol. The summed E-state index contributed by atoms with van der Waals surface area (Å²) in [6.45, 7) is 2.97. The average molecular weight is 495 g/mol. The highest BCUT2D eigenvalue weighted by molar-refractivity contribution is 5.64. The van der Waals surface area contributed by atoms with Crippen LogP contribution in [0.1, 0.15) is 37.7 Å². The van der Waals surface area contributed by atoms with Crippen LogP contribution in [-0.4, -0.2) is 65.4 Å². The lowest BCUT2D eigenvalue weighted by Crippen LogP contribution is -2.49. The van der Waals surface area contributed by atoms with Gasteiger partial charge in [0, 0.05) is 25.7 Å². The molecule has 1 aromatic carbocycles. The summed E-state index contributed by atoms with van der Waals surface area (Å²) in [7, 11) is 1.41. The van der Waals surface area contributed by atoms with Crippen LogP contribution in [0.5, 0.6) is 5.75 Å². The van der Waals surface area contributed by atoms with E-state index in [1.54, 1.807) is 0 Å². The highest BCUT2D eigenvalue weighted by Gasteiger charge is 2.32. The fraction of sp³-hybridized carbons (Fsp3) is 0.478. The molecule has 2 aliphatic rings.